The molecule has 1 saturated heterocycles. The van der Waals surface area contributed by atoms with Crippen LogP contribution in [-0.4, -0.2) is 18.3 Å². The Hall–Kier alpha value is -2.10. The van der Waals surface area contributed by atoms with Gasteiger partial charge >= 0.3 is 7.12 Å². The molecule has 0 atom stereocenters. The zero-order chi connectivity index (χ0) is 17.7. The number of benzene rings is 3. The molecule has 3 heteroatoms. The normalized spacial score (nSPS) is 18.6. The monoisotopic (exact) mass is 330 g/mol. The van der Waals surface area contributed by atoms with Gasteiger partial charge in [0.25, 0.3) is 0 Å². The zero-order valence-corrected chi connectivity index (χ0v) is 15.2. The van der Waals surface area contributed by atoms with Crippen LogP contribution in [0.2, 0.25) is 0 Å². The van der Waals surface area contributed by atoms with Gasteiger partial charge in [0.2, 0.25) is 0 Å². The van der Waals surface area contributed by atoms with E-state index in [4.69, 9.17) is 9.31 Å². The number of hydrogen-bond acceptors (Lipinski definition) is 2. The molecule has 2 nitrogen and oxygen atoms in total. The first-order valence-corrected chi connectivity index (χ1v) is 8.81. The molecule has 0 spiro atoms. The van der Waals surface area contributed by atoms with Crippen molar-refractivity contribution in [3.05, 3.63) is 66.7 Å². The first-order valence-electron chi connectivity index (χ1n) is 8.81. The minimum absolute atomic E-state index is 0.326. The summed E-state index contributed by atoms with van der Waals surface area (Å²) in [6.45, 7) is 8.34. The summed E-state index contributed by atoms with van der Waals surface area (Å²) in [6.07, 6.45) is 0. The molecule has 3 aromatic carbocycles. The molecule has 1 fully saturated rings. The molecule has 0 aliphatic carbocycles. The summed E-state index contributed by atoms with van der Waals surface area (Å²) in [5.74, 6) is 0. The Balaban J connectivity index is 1.76. The van der Waals surface area contributed by atoms with Crippen LogP contribution < -0.4 is 5.46 Å². The molecular formula is C22H23BO2. The fourth-order valence-corrected chi connectivity index (χ4v) is 3.31. The summed E-state index contributed by atoms with van der Waals surface area (Å²) in [4.78, 5) is 0. The van der Waals surface area contributed by atoms with Gasteiger partial charge in [0.05, 0.1) is 11.2 Å². The summed E-state index contributed by atoms with van der Waals surface area (Å²) in [5, 5.41) is 2.51. The lowest BCUT2D eigenvalue weighted by atomic mass is 9.78. The Morgan fingerprint density at radius 2 is 1.36 bits per heavy atom. The van der Waals surface area contributed by atoms with E-state index >= 15 is 0 Å². The quantitative estimate of drug-likeness (QED) is 0.628. The summed E-state index contributed by atoms with van der Waals surface area (Å²) in [6, 6.07) is 23.4. The van der Waals surface area contributed by atoms with E-state index in [9.17, 15) is 0 Å². The van der Waals surface area contributed by atoms with Crippen LogP contribution in [0.5, 0.6) is 0 Å². The van der Waals surface area contributed by atoms with Gasteiger partial charge in [0.1, 0.15) is 0 Å². The largest absolute Gasteiger partial charge is 0.494 e. The van der Waals surface area contributed by atoms with Crippen LogP contribution in [0.4, 0.5) is 0 Å². The Kier molecular flexibility index (Phi) is 3.75. The van der Waals surface area contributed by atoms with Gasteiger partial charge in [-0.1, -0.05) is 66.7 Å². The summed E-state index contributed by atoms with van der Waals surface area (Å²) < 4.78 is 12.4. The highest BCUT2D eigenvalue weighted by Gasteiger charge is 2.51. The maximum Gasteiger partial charge on any atom is 0.494 e. The average Bonchev–Trinajstić information content (AvgIpc) is 2.82. The molecule has 0 saturated carbocycles. The average molecular weight is 330 g/mol. The molecule has 0 radical (unpaired) electrons. The van der Waals surface area contributed by atoms with Crippen molar-refractivity contribution in [1.82, 2.24) is 0 Å². The molecule has 126 valence electrons. The molecule has 4 rings (SSSR count). The standard InChI is InChI=1S/C22H23BO2/c1-21(2)22(3,4)25-23(24-21)18-12-7-11-17(15-18)20-14-8-10-16-9-5-6-13-19(16)20/h5-15H,1-4H3. The minimum Gasteiger partial charge on any atom is -0.399 e. The lowest BCUT2D eigenvalue weighted by Crippen LogP contribution is -2.41. The van der Waals surface area contributed by atoms with Crippen LogP contribution in [0.3, 0.4) is 0 Å². The molecule has 0 bridgehead atoms. The van der Waals surface area contributed by atoms with E-state index < -0.39 is 0 Å². The van der Waals surface area contributed by atoms with Crippen molar-refractivity contribution in [2.24, 2.45) is 0 Å². The topological polar surface area (TPSA) is 18.5 Å². The van der Waals surface area contributed by atoms with Gasteiger partial charge in [-0.05, 0) is 55.1 Å². The third-order valence-corrected chi connectivity index (χ3v) is 5.51. The van der Waals surface area contributed by atoms with E-state index in [1.807, 2.05) is 0 Å². The first-order chi connectivity index (χ1) is 11.9. The second kappa shape index (κ2) is 5.72. The molecule has 0 N–H and O–H groups in total. The van der Waals surface area contributed by atoms with Crippen molar-refractivity contribution in [2.45, 2.75) is 38.9 Å². The van der Waals surface area contributed by atoms with Crippen LogP contribution >= 0.6 is 0 Å². The predicted molar refractivity (Wildman–Crippen MR) is 105 cm³/mol. The second-order valence-corrected chi connectivity index (χ2v) is 7.74. The molecule has 0 aromatic heterocycles. The third kappa shape index (κ3) is 2.78. The molecule has 1 heterocycles. The summed E-state index contributed by atoms with van der Waals surface area (Å²) in [7, 11) is -0.333. The Labute approximate surface area is 149 Å². The molecule has 0 unspecified atom stereocenters. The van der Waals surface area contributed by atoms with Gasteiger partial charge in [-0.2, -0.15) is 0 Å². The fraction of sp³-hybridized carbons (Fsp3) is 0.273. The molecule has 0 amide bonds. The lowest BCUT2D eigenvalue weighted by Gasteiger charge is -2.32. The van der Waals surface area contributed by atoms with Crippen LogP contribution in [0.1, 0.15) is 27.7 Å². The molecule has 1 aliphatic rings. The van der Waals surface area contributed by atoms with E-state index in [1.165, 1.54) is 21.9 Å². The Bertz CT molecular complexity index is 909. The van der Waals surface area contributed by atoms with Gasteiger partial charge in [0, 0.05) is 0 Å². The number of rotatable bonds is 2. The first kappa shape index (κ1) is 16.4. The molecule has 1 aliphatic heterocycles. The molecule has 3 aromatic rings. The van der Waals surface area contributed by atoms with E-state index in [-0.39, 0.29) is 18.3 Å². The van der Waals surface area contributed by atoms with Gasteiger partial charge in [-0.25, -0.2) is 0 Å². The van der Waals surface area contributed by atoms with Crippen molar-refractivity contribution in [2.75, 3.05) is 0 Å². The van der Waals surface area contributed by atoms with Crippen molar-refractivity contribution in [3.8, 4) is 11.1 Å². The van der Waals surface area contributed by atoms with Crippen molar-refractivity contribution in [1.29, 1.82) is 0 Å². The van der Waals surface area contributed by atoms with E-state index in [1.54, 1.807) is 0 Å². The van der Waals surface area contributed by atoms with Crippen LogP contribution in [0.15, 0.2) is 66.7 Å². The van der Waals surface area contributed by atoms with E-state index in [2.05, 4.69) is 94.4 Å². The van der Waals surface area contributed by atoms with Crippen LogP contribution in [0.25, 0.3) is 21.9 Å². The number of hydrogen-bond donors (Lipinski definition) is 0. The molecular weight excluding hydrogens is 307 g/mol. The lowest BCUT2D eigenvalue weighted by molar-refractivity contribution is 0.00578. The third-order valence-electron chi connectivity index (χ3n) is 5.51. The second-order valence-electron chi connectivity index (χ2n) is 7.74. The highest BCUT2D eigenvalue weighted by atomic mass is 16.7. The Morgan fingerprint density at radius 1 is 0.720 bits per heavy atom. The molecule has 25 heavy (non-hydrogen) atoms. The van der Waals surface area contributed by atoms with E-state index in [0.29, 0.717) is 0 Å². The maximum absolute atomic E-state index is 6.21. The highest BCUT2D eigenvalue weighted by Crippen LogP contribution is 2.37. The fourth-order valence-electron chi connectivity index (χ4n) is 3.31. The zero-order valence-electron chi connectivity index (χ0n) is 15.2. The highest BCUT2D eigenvalue weighted by molar-refractivity contribution is 6.62. The summed E-state index contributed by atoms with van der Waals surface area (Å²) in [5.41, 5.74) is 2.82. The minimum atomic E-state index is -0.333. The summed E-state index contributed by atoms with van der Waals surface area (Å²) >= 11 is 0. The van der Waals surface area contributed by atoms with Crippen molar-refractivity contribution < 1.29 is 9.31 Å². The van der Waals surface area contributed by atoms with Gasteiger partial charge in [0.15, 0.2) is 0 Å². The van der Waals surface area contributed by atoms with Crippen LogP contribution in [0, 0.1) is 0 Å². The van der Waals surface area contributed by atoms with Crippen LogP contribution in [-0.2, 0) is 9.31 Å². The maximum atomic E-state index is 6.21. The van der Waals surface area contributed by atoms with Crippen molar-refractivity contribution in [3.63, 3.8) is 0 Å². The van der Waals surface area contributed by atoms with Gasteiger partial charge in [-0.3, -0.25) is 0 Å². The van der Waals surface area contributed by atoms with Gasteiger partial charge in [-0.15, -0.1) is 0 Å². The van der Waals surface area contributed by atoms with E-state index in [0.717, 1.165) is 5.46 Å². The van der Waals surface area contributed by atoms with Crippen molar-refractivity contribution >= 4 is 23.4 Å². The smallest absolute Gasteiger partial charge is 0.399 e. The predicted octanol–water partition coefficient (Wildman–Crippen LogP) is 4.81. The van der Waals surface area contributed by atoms with Gasteiger partial charge < -0.3 is 9.31 Å². The Morgan fingerprint density at radius 3 is 2.12 bits per heavy atom. The SMILES string of the molecule is CC1(C)OB(c2cccc(-c3cccc4ccccc34)c2)OC1(C)C. The number of fused-ring (bicyclic) bond motifs is 1.